The van der Waals surface area contributed by atoms with Gasteiger partial charge in [0, 0.05) is 51.9 Å². The standard InChI is InChI=1S/C26H39N3O6/c1-17-13-29(25(31)19-8-6-7-9-19)18(2)15-35-22-11-10-20(27-24(30)16-33-4)12-21(22)26(32)28(3)14-23(17)34-5/h10-12,17-19,23H,6-9,13-16H2,1-5H3,(H,27,30)/t17-,18-,23-/m0/s1. The van der Waals surface area contributed by atoms with Crippen LogP contribution in [0.2, 0.25) is 0 Å². The number of nitrogens with one attached hydrogen (secondary N) is 1. The molecule has 2 aliphatic rings. The number of ether oxygens (including phenoxy) is 3. The second-order valence-electron chi connectivity index (χ2n) is 9.76. The van der Waals surface area contributed by atoms with Gasteiger partial charge in [-0.05, 0) is 38.0 Å². The Labute approximate surface area is 208 Å². The van der Waals surface area contributed by atoms with E-state index in [9.17, 15) is 14.4 Å². The zero-order chi connectivity index (χ0) is 25.5. The zero-order valence-corrected chi connectivity index (χ0v) is 21.5. The second-order valence-corrected chi connectivity index (χ2v) is 9.76. The van der Waals surface area contributed by atoms with Gasteiger partial charge < -0.3 is 29.3 Å². The van der Waals surface area contributed by atoms with Crippen molar-refractivity contribution in [2.24, 2.45) is 11.8 Å². The molecule has 0 bridgehead atoms. The van der Waals surface area contributed by atoms with Gasteiger partial charge in [-0.3, -0.25) is 14.4 Å². The van der Waals surface area contributed by atoms with E-state index >= 15 is 0 Å². The first-order valence-electron chi connectivity index (χ1n) is 12.4. The molecule has 1 heterocycles. The van der Waals surface area contributed by atoms with Crippen molar-refractivity contribution in [3.8, 4) is 5.75 Å². The lowest BCUT2D eigenvalue weighted by atomic mass is 9.99. The number of carbonyl (C=O) groups is 3. The lowest BCUT2D eigenvalue weighted by molar-refractivity contribution is -0.139. The van der Waals surface area contributed by atoms with E-state index in [0.717, 1.165) is 25.7 Å². The molecule has 35 heavy (non-hydrogen) atoms. The first-order chi connectivity index (χ1) is 16.7. The van der Waals surface area contributed by atoms with E-state index in [1.54, 1.807) is 37.3 Å². The van der Waals surface area contributed by atoms with Crippen LogP contribution < -0.4 is 10.1 Å². The fraction of sp³-hybridized carbons (Fsp3) is 0.654. The lowest BCUT2D eigenvalue weighted by Crippen LogP contribution is -2.50. The molecule has 1 aliphatic heterocycles. The zero-order valence-electron chi connectivity index (χ0n) is 21.5. The summed E-state index contributed by atoms with van der Waals surface area (Å²) in [5, 5.41) is 2.74. The first kappa shape index (κ1) is 26.9. The van der Waals surface area contributed by atoms with Gasteiger partial charge in [-0.1, -0.05) is 19.8 Å². The van der Waals surface area contributed by atoms with E-state index in [0.29, 0.717) is 30.1 Å². The molecule has 0 saturated heterocycles. The van der Waals surface area contributed by atoms with Gasteiger partial charge in [0.1, 0.15) is 19.0 Å². The Kier molecular flexibility index (Phi) is 9.51. The Balaban J connectivity index is 1.92. The predicted octanol–water partition coefficient (Wildman–Crippen LogP) is 2.79. The van der Waals surface area contributed by atoms with Crippen LogP contribution >= 0.6 is 0 Å². The molecule has 1 saturated carbocycles. The third-order valence-electron chi connectivity index (χ3n) is 6.99. The summed E-state index contributed by atoms with van der Waals surface area (Å²) in [6, 6.07) is 4.81. The highest BCUT2D eigenvalue weighted by atomic mass is 16.5. The van der Waals surface area contributed by atoms with E-state index in [4.69, 9.17) is 14.2 Å². The molecule has 1 aromatic carbocycles. The van der Waals surface area contributed by atoms with Crippen LogP contribution in [-0.2, 0) is 19.1 Å². The number of hydrogen-bond donors (Lipinski definition) is 1. The summed E-state index contributed by atoms with van der Waals surface area (Å²) >= 11 is 0. The van der Waals surface area contributed by atoms with Crippen LogP contribution in [0.25, 0.3) is 0 Å². The molecule has 0 aromatic heterocycles. The summed E-state index contributed by atoms with van der Waals surface area (Å²) in [5.74, 6) is 0.122. The summed E-state index contributed by atoms with van der Waals surface area (Å²) in [6.07, 6.45) is 3.80. The van der Waals surface area contributed by atoms with Gasteiger partial charge in [0.15, 0.2) is 0 Å². The molecular weight excluding hydrogens is 450 g/mol. The van der Waals surface area contributed by atoms with Gasteiger partial charge in [-0.15, -0.1) is 0 Å². The molecule has 194 valence electrons. The summed E-state index contributed by atoms with van der Waals surface area (Å²) < 4.78 is 16.8. The van der Waals surface area contributed by atoms with Crippen molar-refractivity contribution in [3.63, 3.8) is 0 Å². The van der Waals surface area contributed by atoms with Crippen LogP contribution in [0.4, 0.5) is 5.69 Å². The molecule has 9 heteroatoms. The summed E-state index contributed by atoms with van der Waals surface area (Å²) in [5.41, 5.74) is 0.817. The second kappa shape index (κ2) is 12.4. The predicted molar refractivity (Wildman–Crippen MR) is 132 cm³/mol. The minimum Gasteiger partial charge on any atom is -0.491 e. The van der Waals surface area contributed by atoms with Crippen molar-refractivity contribution in [3.05, 3.63) is 23.8 Å². The van der Waals surface area contributed by atoms with Crippen molar-refractivity contribution < 1.29 is 28.6 Å². The number of benzene rings is 1. The molecule has 1 N–H and O–H groups in total. The first-order valence-corrected chi connectivity index (χ1v) is 12.4. The molecule has 3 amide bonds. The van der Waals surface area contributed by atoms with Crippen molar-refractivity contribution in [2.45, 2.75) is 51.7 Å². The smallest absolute Gasteiger partial charge is 0.257 e. The van der Waals surface area contributed by atoms with Crippen LogP contribution in [0.1, 0.15) is 49.9 Å². The molecule has 3 atom stereocenters. The quantitative estimate of drug-likeness (QED) is 0.683. The maximum atomic E-state index is 13.4. The molecule has 1 aromatic rings. The molecule has 0 radical (unpaired) electrons. The summed E-state index contributed by atoms with van der Waals surface area (Å²) in [7, 11) is 4.80. The SMILES string of the molecule is COCC(=O)Nc1ccc2c(c1)C(=O)N(C)C[C@H](OC)[C@@H](C)CN(C(=O)C1CCCC1)[C@@H](C)CO2. The normalized spacial score (nSPS) is 24.3. The Morgan fingerprint density at radius 2 is 1.86 bits per heavy atom. The Hall–Kier alpha value is -2.65. The summed E-state index contributed by atoms with van der Waals surface area (Å²) in [4.78, 5) is 42.4. The molecule has 9 nitrogen and oxygen atoms in total. The van der Waals surface area contributed by atoms with Crippen LogP contribution in [0.15, 0.2) is 18.2 Å². The van der Waals surface area contributed by atoms with Gasteiger partial charge in [0.05, 0.1) is 17.7 Å². The van der Waals surface area contributed by atoms with E-state index in [1.165, 1.54) is 7.11 Å². The molecular formula is C26H39N3O6. The highest BCUT2D eigenvalue weighted by Gasteiger charge is 2.34. The van der Waals surface area contributed by atoms with Gasteiger partial charge in [-0.2, -0.15) is 0 Å². The summed E-state index contributed by atoms with van der Waals surface area (Å²) in [6.45, 7) is 5.10. The number of methoxy groups -OCH3 is 2. The number of fused-ring (bicyclic) bond motifs is 1. The van der Waals surface area contributed by atoms with Crippen LogP contribution in [0, 0.1) is 11.8 Å². The number of carbonyl (C=O) groups excluding carboxylic acids is 3. The minimum absolute atomic E-state index is 0.0154. The largest absolute Gasteiger partial charge is 0.491 e. The number of amides is 3. The number of hydrogen-bond acceptors (Lipinski definition) is 6. The fourth-order valence-electron chi connectivity index (χ4n) is 4.90. The molecule has 0 spiro atoms. The maximum absolute atomic E-state index is 13.4. The average Bonchev–Trinajstić information content (AvgIpc) is 3.38. The highest BCUT2D eigenvalue weighted by Crippen LogP contribution is 2.30. The van der Waals surface area contributed by atoms with E-state index < -0.39 is 0 Å². The van der Waals surface area contributed by atoms with Crippen LogP contribution in [0.3, 0.4) is 0 Å². The number of rotatable bonds is 5. The van der Waals surface area contributed by atoms with Gasteiger partial charge in [-0.25, -0.2) is 0 Å². The number of anilines is 1. The maximum Gasteiger partial charge on any atom is 0.257 e. The molecule has 1 fully saturated rings. The monoisotopic (exact) mass is 489 g/mol. The number of nitrogens with zero attached hydrogens (tertiary/aromatic N) is 2. The van der Waals surface area contributed by atoms with Gasteiger partial charge >= 0.3 is 0 Å². The molecule has 3 rings (SSSR count). The van der Waals surface area contributed by atoms with E-state index in [2.05, 4.69) is 12.2 Å². The molecule has 0 unspecified atom stereocenters. The number of likely N-dealkylation sites (N-methyl/N-ethyl adjacent to an activating group) is 1. The third kappa shape index (κ3) is 6.73. The average molecular weight is 490 g/mol. The van der Waals surface area contributed by atoms with E-state index in [1.807, 2.05) is 11.8 Å². The van der Waals surface area contributed by atoms with Gasteiger partial charge in [0.2, 0.25) is 11.8 Å². The van der Waals surface area contributed by atoms with E-state index in [-0.39, 0.29) is 54.9 Å². The molecule has 1 aliphatic carbocycles. The van der Waals surface area contributed by atoms with Crippen molar-refractivity contribution in [1.82, 2.24) is 9.80 Å². The van der Waals surface area contributed by atoms with Crippen LogP contribution in [0.5, 0.6) is 5.75 Å². The third-order valence-corrected chi connectivity index (χ3v) is 6.99. The Bertz CT molecular complexity index is 901. The lowest BCUT2D eigenvalue weighted by Gasteiger charge is -2.37. The minimum atomic E-state index is -0.315. The van der Waals surface area contributed by atoms with Crippen molar-refractivity contribution >= 4 is 23.4 Å². The Morgan fingerprint density at radius 3 is 2.51 bits per heavy atom. The Morgan fingerprint density at radius 1 is 1.14 bits per heavy atom. The highest BCUT2D eigenvalue weighted by molar-refractivity contribution is 5.99. The van der Waals surface area contributed by atoms with Crippen molar-refractivity contribution in [2.75, 3.05) is 52.9 Å². The van der Waals surface area contributed by atoms with Gasteiger partial charge in [0.25, 0.3) is 5.91 Å². The topological polar surface area (TPSA) is 97.4 Å². The van der Waals surface area contributed by atoms with Crippen molar-refractivity contribution in [1.29, 1.82) is 0 Å². The fourth-order valence-corrected chi connectivity index (χ4v) is 4.90. The van der Waals surface area contributed by atoms with Crippen LogP contribution in [-0.4, -0.2) is 87.2 Å².